The Morgan fingerprint density at radius 1 is 1.11 bits per heavy atom. The van der Waals surface area contributed by atoms with E-state index in [0.717, 1.165) is 11.4 Å². The molecule has 1 aromatic carbocycles. The topological polar surface area (TPSA) is 95.3 Å². The van der Waals surface area contributed by atoms with Crippen LogP contribution < -0.4 is 4.90 Å². The fourth-order valence-corrected chi connectivity index (χ4v) is 4.15. The molecule has 3 unspecified atom stereocenters. The van der Waals surface area contributed by atoms with Crippen LogP contribution in [0.5, 0.6) is 0 Å². The number of anilines is 1. The molecule has 1 saturated heterocycles. The maximum Gasteiger partial charge on any atom is 0.173 e. The molecule has 1 aromatic heterocycles. The van der Waals surface area contributed by atoms with Crippen LogP contribution in [0.4, 0.5) is 5.82 Å². The van der Waals surface area contributed by atoms with Crippen molar-refractivity contribution in [2.45, 2.75) is 18.0 Å². The Morgan fingerprint density at radius 3 is 2.43 bits per heavy atom. The number of pyridine rings is 1. The van der Waals surface area contributed by atoms with Crippen molar-refractivity contribution in [1.82, 2.24) is 9.88 Å². The van der Waals surface area contributed by atoms with Crippen molar-refractivity contribution in [1.29, 1.82) is 0 Å². The fourth-order valence-electron chi connectivity index (χ4n) is 3.29. The second-order valence-corrected chi connectivity index (χ2v) is 7.59. The van der Waals surface area contributed by atoms with Crippen molar-refractivity contribution in [2.24, 2.45) is 5.18 Å². The summed E-state index contributed by atoms with van der Waals surface area (Å²) in [4.78, 5) is 19.7. The van der Waals surface area contributed by atoms with Gasteiger partial charge in [-0.3, -0.25) is 4.90 Å². The fraction of sp³-hybridized carbons (Fsp3) is 0.421. The summed E-state index contributed by atoms with van der Waals surface area (Å²) in [6.45, 7) is 2.71. The number of rotatable bonds is 9. The van der Waals surface area contributed by atoms with Crippen molar-refractivity contribution >= 4 is 16.9 Å². The SMILES string of the molecule is O=NC(COCc1ccccc1)C(N1CCN(c2ccccn2)CC1)S(=O)O. The molecule has 0 aliphatic carbocycles. The first-order chi connectivity index (χ1) is 13.7. The van der Waals surface area contributed by atoms with E-state index in [1.54, 1.807) is 6.20 Å². The largest absolute Gasteiger partial charge is 0.374 e. The molecule has 28 heavy (non-hydrogen) atoms. The number of aromatic nitrogens is 1. The second kappa shape index (κ2) is 10.4. The van der Waals surface area contributed by atoms with E-state index < -0.39 is 22.5 Å². The third-order valence-corrected chi connectivity index (χ3v) is 5.74. The number of nitrogens with zero attached hydrogens (tertiary/aromatic N) is 4. The van der Waals surface area contributed by atoms with Crippen molar-refractivity contribution in [3.63, 3.8) is 0 Å². The molecule has 3 atom stereocenters. The minimum absolute atomic E-state index is 0.00415. The predicted molar refractivity (Wildman–Crippen MR) is 108 cm³/mol. The highest BCUT2D eigenvalue weighted by molar-refractivity contribution is 7.79. The monoisotopic (exact) mass is 404 g/mol. The van der Waals surface area contributed by atoms with Gasteiger partial charge in [-0.1, -0.05) is 41.6 Å². The van der Waals surface area contributed by atoms with Crippen molar-refractivity contribution in [2.75, 3.05) is 37.7 Å². The molecule has 1 fully saturated rings. The zero-order chi connectivity index (χ0) is 19.8. The first-order valence-electron chi connectivity index (χ1n) is 9.13. The van der Waals surface area contributed by atoms with Gasteiger partial charge in [-0.2, -0.15) is 4.91 Å². The Morgan fingerprint density at radius 2 is 1.82 bits per heavy atom. The van der Waals surface area contributed by atoms with Crippen LogP contribution in [-0.2, 0) is 22.4 Å². The summed E-state index contributed by atoms with van der Waals surface area (Å²) in [6, 6.07) is 14.4. The lowest BCUT2D eigenvalue weighted by atomic mass is 10.2. The number of ether oxygens (including phenoxy) is 1. The Balaban J connectivity index is 1.57. The van der Waals surface area contributed by atoms with Crippen LogP contribution in [0.2, 0.25) is 0 Å². The average Bonchev–Trinajstić information content (AvgIpc) is 2.74. The molecule has 1 N–H and O–H groups in total. The van der Waals surface area contributed by atoms with E-state index in [2.05, 4.69) is 15.1 Å². The van der Waals surface area contributed by atoms with Gasteiger partial charge in [0.2, 0.25) is 0 Å². The molecule has 0 spiro atoms. The number of piperazine rings is 1. The van der Waals surface area contributed by atoms with Crippen molar-refractivity contribution in [3.8, 4) is 0 Å². The molecule has 3 rings (SSSR count). The van der Waals surface area contributed by atoms with Gasteiger partial charge in [0, 0.05) is 32.4 Å². The molecule has 150 valence electrons. The predicted octanol–water partition coefficient (Wildman–Crippen LogP) is 2.10. The van der Waals surface area contributed by atoms with E-state index in [1.807, 2.05) is 53.4 Å². The lowest BCUT2D eigenvalue weighted by Gasteiger charge is -2.39. The Bertz CT molecular complexity index is 757. The summed E-state index contributed by atoms with van der Waals surface area (Å²) in [7, 11) is 0. The Labute approximate surface area is 166 Å². The number of benzene rings is 1. The molecule has 0 bridgehead atoms. The van der Waals surface area contributed by atoms with E-state index >= 15 is 0 Å². The van der Waals surface area contributed by atoms with Crippen molar-refractivity contribution < 1.29 is 13.5 Å². The molecule has 1 aliphatic rings. The third-order valence-electron chi connectivity index (χ3n) is 4.72. The number of hydrogen-bond acceptors (Lipinski definition) is 7. The number of hydrogen-bond donors (Lipinski definition) is 1. The van der Waals surface area contributed by atoms with Crippen LogP contribution in [0.15, 0.2) is 59.9 Å². The van der Waals surface area contributed by atoms with Crippen LogP contribution in [0.25, 0.3) is 0 Å². The second-order valence-electron chi connectivity index (χ2n) is 6.55. The molecular weight excluding hydrogens is 380 g/mol. The zero-order valence-corrected chi connectivity index (χ0v) is 16.3. The maximum atomic E-state index is 12.0. The quantitative estimate of drug-likeness (QED) is 0.505. The molecule has 0 amide bonds. The normalized spacial score (nSPS) is 18.4. The maximum absolute atomic E-state index is 12.0. The van der Waals surface area contributed by atoms with E-state index in [4.69, 9.17) is 4.74 Å². The van der Waals surface area contributed by atoms with Gasteiger partial charge in [0.25, 0.3) is 0 Å². The standard InChI is InChI=1S/C19H24N4O4S/c24-21-17(15-27-14-16-6-2-1-3-7-16)19(28(25)26)23-12-10-22(11-13-23)18-8-4-5-9-20-18/h1-9,17,19H,10-15H2,(H,25,26). The zero-order valence-electron chi connectivity index (χ0n) is 15.5. The van der Waals surface area contributed by atoms with Crippen molar-refractivity contribution in [3.05, 3.63) is 65.2 Å². The first kappa shape index (κ1) is 20.5. The van der Waals surface area contributed by atoms with E-state index in [0.29, 0.717) is 32.8 Å². The van der Waals surface area contributed by atoms with Gasteiger partial charge < -0.3 is 14.2 Å². The van der Waals surface area contributed by atoms with Crippen LogP contribution in [0.1, 0.15) is 5.56 Å². The highest BCUT2D eigenvalue weighted by Crippen LogP contribution is 2.18. The van der Waals surface area contributed by atoms with Crippen LogP contribution in [0, 0.1) is 4.91 Å². The summed E-state index contributed by atoms with van der Waals surface area (Å²) < 4.78 is 27.4. The van der Waals surface area contributed by atoms with Gasteiger partial charge in [0.15, 0.2) is 11.1 Å². The molecule has 1 aliphatic heterocycles. The summed E-state index contributed by atoms with van der Waals surface area (Å²) in [6.07, 6.45) is 1.74. The smallest absolute Gasteiger partial charge is 0.173 e. The Kier molecular flexibility index (Phi) is 7.61. The summed E-state index contributed by atoms with van der Waals surface area (Å²) in [5.74, 6) is 0.875. The summed E-state index contributed by atoms with van der Waals surface area (Å²) in [5, 5.41) is 2.21. The molecule has 9 heteroatoms. The van der Waals surface area contributed by atoms with Crippen LogP contribution in [-0.4, -0.2) is 62.8 Å². The first-order valence-corrected chi connectivity index (χ1v) is 10.3. The summed E-state index contributed by atoms with van der Waals surface area (Å²) in [5.41, 5.74) is 0.970. The van der Waals surface area contributed by atoms with Gasteiger partial charge in [0.1, 0.15) is 17.2 Å². The lowest BCUT2D eigenvalue weighted by molar-refractivity contribution is 0.0862. The molecule has 0 radical (unpaired) electrons. The molecule has 2 heterocycles. The summed E-state index contributed by atoms with van der Waals surface area (Å²) >= 11 is -2.22. The molecule has 2 aromatic rings. The highest BCUT2D eigenvalue weighted by atomic mass is 32.2. The molecule has 8 nitrogen and oxygen atoms in total. The Hall–Kier alpha value is -2.20. The molecule has 0 saturated carbocycles. The van der Waals surface area contributed by atoms with Crippen LogP contribution in [0.3, 0.4) is 0 Å². The number of nitroso groups, excluding NO2 is 1. The van der Waals surface area contributed by atoms with Crippen LogP contribution >= 0.6 is 0 Å². The van der Waals surface area contributed by atoms with Gasteiger partial charge in [0.05, 0.1) is 13.2 Å². The van der Waals surface area contributed by atoms with E-state index in [1.165, 1.54) is 0 Å². The van der Waals surface area contributed by atoms with Gasteiger partial charge in [-0.25, -0.2) is 9.19 Å². The third kappa shape index (κ3) is 5.41. The minimum Gasteiger partial charge on any atom is -0.374 e. The molecular formula is C19H24N4O4S. The lowest BCUT2D eigenvalue weighted by Crippen LogP contribution is -2.55. The van der Waals surface area contributed by atoms with Gasteiger partial charge in [-0.05, 0) is 17.7 Å². The van der Waals surface area contributed by atoms with E-state index in [9.17, 15) is 13.7 Å². The average molecular weight is 404 g/mol. The minimum atomic E-state index is -2.22. The highest BCUT2D eigenvalue weighted by Gasteiger charge is 2.35. The van der Waals surface area contributed by atoms with Gasteiger partial charge >= 0.3 is 0 Å². The van der Waals surface area contributed by atoms with Gasteiger partial charge in [-0.15, -0.1) is 0 Å². The van der Waals surface area contributed by atoms with E-state index in [-0.39, 0.29) is 6.61 Å².